The smallest absolute Gasteiger partial charge is 0.0715 e. The molecule has 0 radical (unpaired) electrons. The summed E-state index contributed by atoms with van der Waals surface area (Å²) in [5.41, 5.74) is 0. The molecular weight excluding hydrogens is 298 g/mol. The summed E-state index contributed by atoms with van der Waals surface area (Å²) in [6.45, 7) is 6.37. The molecule has 24 heavy (non-hydrogen) atoms. The van der Waals surface area contributed by atoms with Crippen molar-refractivity contribution < 1.29 is 10.2 Å². The van der Waals surface area contributed by atoms with Crippen LogP contribution in [-0.2, 0) is 0 Å². The van der Waals surface area contributed by atoms with Crippen LogP contribution in [-0.4, -0.2) is 35.0 Å². The van der Waals surface area contributed by atoms with Crippen molar-refractivity contribution in [2.75, 3.05) is 6.61 Å². The van der Waals surface area contributed by atoms with Gasteiger partial charge in [-0.3, -0.25) is 0 Å². The van der Waals surface area contributed by atoms with Crippen LogP contribution in [0.25, 0.3) is 0 Å². The highest BCUT2D eigenvalue weighted by molar-refractivity contribution is 4.76. The molecule has 3 N–H and O–H groups in total. The lowest BCUT2D eigenvalue weighted by Crippen LogP contribution is -2.45. The molecule has 0 aliphatic rings. The van der Waals surface area contributed by atoms with Crippen molar-refractivity contribution in [3.63, 3.8) is 0 Å². The van der Waals surface area contributed by atoms with E-state index in [0.29, 0.717) is 6.04 Å². The van der Waals surface area contributed by atoms with Gasteiger partial charge in [-0.15, -0.1) is 0 Å². The third-order valence-corrected chi connectivity index (χ3v) is 4.81. The van der Waals surface area contributed by atoms with Crippen molar-refractivity contribution in [2.24, 2.45) is 0 Å². The van der Waals surface area contributed by atoms with Gasteiger partial charge < -0.3 is 15.5 Å². The number of unbranched alkanes of at least 4 members (excludes halogenated alkanes) is 12. The number of rotatable bonds is 18. The molecular formula is C21H45NO2. The zero-order valence-electron chi connectivity index (χ0n) is 16.7. The molecule has 0 saturated carbocycles. The van der Waals surface area contributed by atoms with E-state index in [1.807, 2.05) is 13.8 Å². The van der Waals surface area contributed by atoms with Crippen LogP contribution in [0.15, 0.2) is 0 Å². The van der Waals surface area contributed by atoms with Crippen molar-refractivity contribution in [1.82, 2.24) is 5.32 Å². The topological polar surface area (TPSA) is 52.5 Å². The molecule has 146 valence electrons. The molecule has 0 bridgehead atoms. The Labute approximate surface area is 151 Å². The van der Waals surface area contributed by atoms with Crippen LogP contribution in [0, 0.1) is 0 Å². The lowest BCUT2D eigenvalue weighted by Gasteiger charge is -2.24. The summed E-state index contributed by atoms with van der Waals surface area (Å²) in [4.78, 5) is 0. The van der Waals surface area contributed by atoms with Gasteiger partial charge in [0.25, 0.3) is 0 Å². The molecule has 0 aromatic carbocycles. The van der Waals surface area contributed by atoms with Crippen molar-refractivity contribution in [2.45, 2.75) is 129 Å². The van der Waals surface area contributed by atoms with Crippen molar-refractivity contribution in [3.8, 4) is 0 Å². The first-order chi connectivity index (χ1) is 11.6. The number of hydrogen-bond donors (Lipinski definition) is 3. The van der Waals surface area contributed by atoms with Gasteiger partial charge in [-0.25, -0.2) is 0 Å². The molecule has 0 aliphatic carbocycles. The van der Waals surface area contributed by atoms with Crippen LogP contribution in [0.3, 0.4) is 0 Å². The molecule has 3 nitrogen and oxygen atoms in total. The number of aliphatic hydroxyl groups is 2. The van der Waals surface area contributed by atoms with Crippen molar-refractivity contribution >= 4 is 0 Å². The quantitative estimate of drug-likeness (QED) is 0.300. The van der Waals surface area contributed by atoms with Gasteiger partial charge in [0.2, 0.25) is 0 Å². The normalized spacial score (nSPS) is 14.2. The fourth-order valence-electron chi connectivity index (χ4n) is 3.29. The van der Waals surface area contributed by atoms with Crippen LogP contribution in [0.4, 0.5) is 0 Å². The molecule has 0 aromatic heterocycles. The monoisotopic (exact) mass is 343 g/mol. The maximum absolute atomic E-state index is 10.1. The Morgan fingerprint density at radius 2 is 1.12 bits per heavy atom. The predicted molar refractivity (Wildman–Crippen MR) is 105 cm³/mol. The highest BCUT2D eigenvalue weighted by atomic mass is 16.3. The molecule has 0 heterocycles. The van der Waals surface area contributed by atoms with Gasteiger partial charge in [0.15, 0.2) is 0 Å². The highest BCUT2D eigenvalue weighted by Crippen LogP contribution is 2.14. The second-order valence-corrected chi connectivity index (χ2v) is 7.71. The van der Waals surface area contributed by atoms with E-state index in [4.69, 9.17) is 0 Å². The van der Waals surface area contributed by atoms with Crippen LogP contribution >= 0.6 is 0 Å². The molecule has 0 spiro atoms. The molecule has 0 fully saturated rings. The highest BCUT2D eigenvalue weighted by Gasteiger charge is 2.18. The summed E-state index contributed by atoms with van der Waals surface area (Å²) in [6, 6.07) is 0.116. The van der Waals surface area contributed by atoms with E-state index < -0.39 is 6.10 Å². The zero-order valence-corrected chi connectivity index (χ0v) is 16.7. The third-order valence-electron chi connectivity index (χ3n) is 4.81. The number of hydrogen-bond acceptors (Lipinski definition) is 3. The van der Waals surface area contributed by atoms with Crippen LogP contribution in [0.2, 0.25) is 0 Å². The van der Waals surface area contributed by atoms with E-state index in [9.17, 15) is 10.2 Å². The van der Waals surface area contributed by atoms with Crippen LogP contribution in [0.1, 0.15) is 111 Å². The fourth-order valence-corrected chi connectivity index (χ4v) is 3.29. The summed E-state index contributed by atoms with van der Waals surface area (Å²) in [6.07, 6.45) is 17.9. The Kier molecular flexibility index (Phi) is 17.6. The van der Waals surface area contributed by atoms with Gasteiger partial charge in [-0.2, -0.15) is 0 Å². The predicted octanol–water partition coefficient (Wildman–Crippen LogP) is 5.19. The van der Waals surface area contributed by atoms with E-state index in [1.165, 1.54) is 77.0 Å². The van der Waals surface area contributed by atoms with Gasteiger partial charge in [0, 0.05) is 6.04 Å². The minimum atomic E-state index is -0.426. The summed E-state index contributed by atoms with van der Waals surface area (Å²) in [5, 5.41) is 22.7. The summed E-state index contributed by atoms with van der Waals surface area (Å²) >= 11 is 0. The Balaban J connectivity index is 3.32. The molecule has 0 aliphatic heterocycles. The van der Waals surface area contributed by atoms with E-state index in [1.54, 1.807) is 0 Å². The molecule has 0 saturated heterocycles. The van der Waals surface area contributed by atoms with Crippen LogP contribution < -0.4 is 5.32 Å². The van der Waals surface area contributed by atoms with Gasteiger partial charge in [-0.05, 0) is 6.42 Å². The van der Waals surface area contributed by atoms with Gasteiger partial charge in [-0.1, -0.05) is 104 Å². The van der Waals surface area contributed by atoms with Crippen molar-refractivity contribution in [3.05, 3.63) is 0 Å². The van der Waals surface area contributed by atoms with Gasteiger partial charge in [0.05, 0.1) is 18.8 Å². The Morgan fingerprint density at radius 1 is 0.708 bits per heavy atom. The lowest BCUT2D eigenvalue weighted by atomic mass is 10.0. The second-order valence-electron chi connectivity index (χ2n) is 7.71. The Bertz CT molecular complexity index is 246. The Hall–Kier alpha value is -0.120. The fraction of sp³-hybridized carbons (Fsp3) is 1.00. The van der Waals surface area contributed by atoms with Crippen LogP contribution in [0.5, 0.6) is 0 Å². The zero-order chi connectivity index (χ0) is 18.0. The summed E-state index contributed by atoms with van der Waals surface area (Å²) < 4.78 is 0. The van der Waals surface area contributed by atoms with E-state index in [2.05, 4.69) is 12.2 Å². The molecule has 2 atom stereocenters. The van der Waals surface area contributed by atoms with E-state index >= 15 is 0 Å². The summed E-state index contributed by atoms with van der Waals surface area (Å²) in [5.74, 6) is 0. The number of aliphatic hydroxyl groups excluding tert-OH is 2. The largest absolute Gasteiger partial charge is 0.395 e. The minimum absolute atomic E-state index is 0.0117. The van der Waals surface area contributed by atoms with E-state index in [0.717, 1.165) is 12.8 Å². The maximum atomic E-state index is 10.1. The minimum Gasteiger partial charge on any atom is -0.395 e. The summed E-state index contributed by atoms with van der Waals surface area (Å²) in [7, 11) is 0. The third kappa shape index (κ3) is 15.4. The SMILES string of the molecule is CCCCCCCCCCCCCCC[C@H](O)C(CO)NC(C)C. The molecule has 0 amide bonds. The standard InChI is InChI=1S/C21H45NO2/c1-4-5-6-7-8-9-10-11-12-13-14-15-16-17-21(24)20(18-23)22-19(2)3/h19-24H,4-18H2,1-3H3/t20?,21-/m0/s1. The first kappa shape index (κ1) is 23.9. The first-order valence-corrected chi connectivity index (χ1v) is 10.7. The molecule has 1 unspecified atom stereocenters. The van der Waals surface area contributed by atoms with Gasteiger partial charge >= 0.3 is 0 Å². The first-order valence-electron chi connectivity index (χ1n) is 10.7. The van der Waals surface area contributed by atoms with Crippen molar-refractivity contribution in [1.29, 1.82) is 0 Å². The lowest BCUT2D eigenvalue weighted by molar-refractivity contribution is 0.0771. The molecule has 3 heteroatoms. The van der Waals surface area contributed by atoms with E-state index in [-0.39, 0.29) is 12.6 Å². The van der Waals surface area contributed by atoms with Gasteiger partial charge in [0.1, 0.15) is 0 Å². The average Bonchev–Trinajstić information content (AvgIpc) is 2.56. The molecule has 0 rings (SSSR count). The molecule has 0 aromatic rings. The number of nitrogens with one attached hydrogen (secondary N) is 1. The maximum Gasteiger partial charge on any atom is 0.0715 e. The average molecular weight is 344 g/mol. The second kappa shape index (κ2) is 17.7. The Morgan fingerprint density at radius 3 is 1.50 bits per heavy atom.